The molecule has 2 saturated heterocycles. The summed E-state index contributed by atoms with van der Waals surface area (Å²) in [5, 5.41) is 0. The van der Waals surface area contributed by atoms with E-state index in [0.717, 1.165) is 65.4 Å². The Morgan fingerprint density at radius 2 is 1.50 bits per heavy atom. The molecule has 5 nitrogen and oxygen atoms in total. The monoisotopic (exact) mass is 330 g/mol. The Kier molecular flexibility index (Phi) is 6.24. The first-order chi connectivity index (χ1) is 11.7. The van der Waals surface area contributed by atoms with Gasteiger partial charge in [0.05, 0.1) is 0 Å². The number of rotatable bonds is 5. The van der Waals surface area contributed by atoms with Gasteiger partial charge in [-0.3, -0.25) is 9.69 Å². The molecule has 24 heavy (non-hydrogen) atoms. The van der Waals surface area contributed by atoms with Crippen LogP contribution in [0.5, 0.6) is 0 Å². The molecular formula is C19H30N4O. The minimum Gasteiger partial charge on any atom is -0.340 e. The average Bonchev–Trinajstić information content (AvgIpc) is 2.62. The number of hydrogen-bond acceptors (Lipinski definition) is 4. The van der Waals surface area contributed by atoms with E-state index in [1.165, 1.54) is 5.56 Å². The van der Waals surface area contributed by atoms with Crippen LogP contribution in [0.15, 0.2) is 30.3 Å². The van der Waals surface area contributed by atoms with Gasteiger partial charge in [0.2, 0.25) is 5.91 Å². The van der Waals surface area contributed by atoms with E-state index in [0.29, 0.717) is 12.3 Å². The summed E-state index contributed by atoms with van der Waals surface area (Å²) in [7, 11) is 2.16. The fourth-order valence-corrected chi connectivity index (χ4v) is 3.48. The summed E-state index contributed by atoms with van der Waals surface area (Å²) in [6, 6.07) is 10.6. The maximum Gasteiger partial charge on any atom is 0.223 e. The number of carbonyl (C=O) groups excluding carboxylic acids is 1. The Labute approximate surface area is 145 Å². The average molecular weight is 330 g/mol. The van der Waals surface area contributed by atoms with Gasteiger partial charge in [0.25, 0.3) is 0 Å². The standard InChI is InChI=1S/C19H30N4O/c1-20-9-11-21(12-10-20)8-7-19(24)23-15-13-22(14-16-23)17-18-5-3-2-4-6-18/h2-6H,7-17H2,1H3. The van der Waals surface area contributed by atoms with Crippen LogP contribution in [-0.4, -0.2) is 91.5 Å². The molecule has 5 heteroatoms. The predicted molar refractivity (Wildman–Crippen MR) is 96.9 cm³/mol. The molecule has 132 valence electrons. The molecule has 1 aromatic rings. The van der Waals surface area contributed by atoms with Crippen molar-refractivity contribution in [2.24, 2.45) is 0 Å². The predicted octanol–water partition coefficient (Wildman–Crippen LogP) is 0.968. The number of nitrogens with zero attached hydrogens (tertiary/aromatic N) is 4. The van der Waals surface area contributed by atoms with Crippen molar-refractivity contribution in [3.05, 3.63) is 35.9 Å². The van der Waals surface area contributed by atoms with Gasteiger partial charge in [-0.25, -0.2) is 0 Å². The van der Waals surface area contributed by atoms with E-state index in [1.54, 1.807) is 0 Å². The molecule has 0 atom stereocenters. The van der Waals surface area contributed by atoms with Gasteiger partial charge < -0.3 is 14.7 Å². The van der Waals surface area contributed by atoms with Crippen molar-refractivity contribution in [2.45, 2.75) is 13.0 Å². The molecule has 0 bridgehead atoms. The molecule has 0 spiro atoms. The zero-order valence-electron chi connectivity index (χ0n) is 14.9. The zero-order valence-corrected chi connectivity index (χ0v) is 14.9. The van der Waals surface area contributed by atoms with Gasteiger partial charge in [-0.15, -0.1) is 0 Å². The first-order valence-electron chi connectivity index (χ1n) is 9.16. The Morgan fingerprint density at radius 1 is 0.875 bits per heavy atom. The topological polar surface area (TPSA) is 30.0 Å². The lowest BCUT2D eigenvalue weighted by Gasteiger charge is -2.36. The quantitative estimate of drug-likeness (QED) is 0.805. The maximum atomic E-state index is 12.4. The first-order valence-corrected chi connectivity index (χ1v) is 9.16. The lowest BCUT2D eigenvalue weighted by Crippen LogP contribution is -2.49. The van der Waals surface area contributed by atoms with Gasteiger partial charge >= 0.3 is 0 Å². The molecule has 0 saturated carbocycles. The van der Waals surface area contributed by atoms with Crippen molar-refractivity contribution in [3.63, 3.8) is 0 Å². The largest absolute Gasteiger partial charge is 0.340 e. The van der Waals surface area contributed by atoms with Crippen molar-refractivity contribution in [3.8, 4) is 0 Å². The molecule has 0 aromatic heterocycles. The van der Waals surface area contributed by atoms with Gasteiger partial charge in [0, 0.05) is 71.9 Å². The Balaban J connectivity index is 1.36. The number of benzene rings is 1. The van der Waals surface area contributed by atoms with Crippen molar-refractivity contribution < 1.29 is 4.79 Å². The van der Waals surface area contributed by atoms with Crippen LogP contribution in [0.1, 0.15) is 12.0 Å². The third-order valence-electron chi connectivity index (χ3n) is 5.21. The van der Waals surface area contributed by atoms with Crippen molar-refractivity contribution >= 4 is 5.91 Å². The highest BCUT2D eigenvalue weighted by molar-refractivity contribution is 5.76. The number of carbonyl (C=O) groups is 1. The third kappa shape index (κ3) is 5.03. The summed E-state index contributed by atoms with van der Waals surface area (Å²) >= 11 is 0. The molecule has 1 amide bonds. The van der Waals surface area contributed by atoms with E-state index >= 15 is 0 Å². The fourth-order valence-electron chi connectivity index (χ4n) is 3.48. The van der Waals surface area contributed by atoms with Crippen LogP contribution in [-0.2, 0) is 11.3 Å². The van der Waals surface area contributed by atoms with Crippen molar-refractivity contribution in [2.75, 3.05) is 66.0 Å². The smallest absolute Gasteiger partial charge is 0.223 e. The van der Waals surface area contributed by atoms with E-state index in [-0.39, 0.29) is 0 Å². The van der Waals surface area contributed by atoms with Crippen molar-refractivity contribution in [1.29, 1.82) is 0 Å². The fraction of sp³-hybridized carbons (Fsp3) is 0.632. The van der Waals surface area contributed by atoms with Crippen LogP contribution >= 0.6 is 0 Å². The van der Waals surface area contributed by atoms with Crippen LogP contribution in [0.3, 0.4) is 0 Å². The van der Waals surface area contributed by atoms with Crippen LogP contribution in [0.2, 0.25) is 0 Å². The normalized spacial score (nSPS) is 21.1. The number of hydrogen-bond donors (Lipinski definition) is 0. The van der Waals surface area contributed by atoms with Crippen LogP contribution in [0.25, 0.3) is 0 Å². The minimum atomic E-state index is 0.327. The molecule has 0 aliphatic carbocycles. The summed E-state index contributed by atoms with van der Waals surface area (Å²) in [6.07, 6.45) is 0.669. The highest BCUT2D eigenvalue weighted by Gasteiger charge is 2.22. The van der Waals surface area contributed by atoms with E-state index in [1.807, 2.05) is 0 Å². The molecule has 2 aliphatic heterocycles. The second-order valence-electron chi connectivity index (χ2n) is 7.04. The summed E-state index contributed by atoms with van der Waals surface area (Å²) in [6.45, 7) is 10.0. The maximum absolute atomic E-state index is 12.4. The van der Waals surface area contributed by atoms with Gasteiger partial charge in [0.1, 0.15) is 0 Å². The van der Waals surface area contributed by atoms with Crippen molar-refractivity contribution in [1.82, 2.24) is 19.6 Å². The van der Waals surface area contributed by atoms with Gasteiger partial charge in [-0.2, -0.15) is 0 Å². The van der Waals surface area contributed by atoms with Crippen LogP contribution in [0, 0.1) is 0 Å². The molecule has 2 aliphatic rings. The highest BCUT2D eigenvalue weighted by atomic mass is 16.2. The molecule has 0 unspecified atom stereocenters. The van der Waals surface area contributed by atoms with Gasteiger partial charge in [0.15, 0.2) is 0 Å². The number of piperazine rings is 2. The van der Waals surface area contributed by atoms with E-state index in [2.05, 4.69) is 57.0 Å². The number of likely N-dealkylation sites (N-methyl/N-ethyl adjacent to an activating group) is 1. The zero-order chi connectivity index (χ0) is 16.8. The molecule has 2 heterocycles. The summed E-state index contributed by atoms with van der Waals surface area (Å²) in [4.78, 5) is 21.7. The highest BCUT2D eigenvalue weighted by Crippen LogP contribution is 2.10. The second-order valence-corrected chi connectivity index (χ2v) is 7.04. The Hall–Kier alpha value is -1.43. The lowest BCUT2D eigenvalue weighted by molar-refractivity contribution is -0.133. The van der Waals surface area contributed by atoms with Gasteiger partial charge in [-0.05, 0) is 12.6 Å². The first kappa shape index (κ1) is 17.4. The molecule has 0 radical (unpaired) electrons. The van der Waals surface area contributed by atoms with E-state index in [4.69, 9.17) is 0 Å². The molecule has 0 N–H and O–H groups in total. The summed E-state index contributed by atoms with van der Waals surface area (Å²) in [5.74, 6) is 0.327. The molecule has 2 fully saturated rings. The summed E-state index contributed by atoms with van der Waals surface area (Å²) in [5.41, 5.74) is 1.35. The van der Waals surface area contributed by atoms with Crippen LogP contribution in [0.4, 0.5) is 0 Å². The SMILES string of the molecule is CN1CCN(CCC(=O)N2CCN(Cc3ccccc3)CC2)CC1. The van der Waals surface area contributed by atoms with E-state index < -0.39 is 0 Å². The third-order valence-corrected chi connectivity index (χ3v) is 5.21. The van der Waals surface area contributed by atoms with E-state index in [9.17, 15) is 4.79 Å². The minimum absolute atomic E-state index is 0.327. The molecule has 1 aromatic carbocycles. The summed E-state index contributed by atoms with van der Waals surface area (Å²) < 4.78 is 0. The second kappa shape index (κ2) is 8.60. The Morgan fingerprint density at radius 3 is 2.17 bits per heavy atom. The van der Waals surface area contributed by atoms with Crippen LogP contribution < -0.4 is 0 Å². The van der Waals surface area contributed by atoms with Gasteiger partial charge in [-0.1, -0.05) is 30.3 Å². The lowest BCUT2D eigenvalue weighted by atomic mass is 10.2. The number of amides is 1. The molecular weight excluding hydrogens is 300 g/mol. The Bertz CT molecular complexity index is 505. The molecule has 3 rings (SSSR count).